The van der Waals surface area contributed by atoms with E-state index in [0.29, 0.717) is 13.2 Å². The zero-order chi connectivity index (χ0) is 30.1. The SMILES string of the molecule is CC[Si](CC)(CC)OCCOCCC[Si](C)(C)O[Si](C)(C)O[Si](C)(C)CCCOCCO[Si](CC)(CC)CC. The maximum absolute atomic E-state index is 6.77. The summed E-state index contributed by atoms with van der Waals surface area (Å²) in [6.45, 7) is 31.9. The first-order valence-electron chi connectivity index (χ1n) is 16.0. The molecule has 0 aromatic heterocycles. The van der Waals surface area contributed by atoms with Gasteiger partial charge in [0, 0.05) is 13.2 Å². The highest BCUT2D eigenvalue weighted by Crippen LogP contribution is 2.26. The average molecular weight is 641 g/mol. The molecule has 0 saturated heterocycles. The Kier molecular flexibility index (Phi) is 20.4. The molecule has 0 amide bonds. The van der Waals surface area contributed by atoms with Crippen LogP contribution in [-0.2, 0) is 26.6 Å². The molecule has 0 fully saturated rings. The lowest BCUT2D eigenvalue weighted by molar-refractivity contribution is 0.0963. The van der Waals surface area contributed by atoms with Crippen molar-refractivity contribution in [3.63, 3.8) is 0 Å². The molecule has 6 nitrogen and oxygen atoms in total. The van der Waals surface area contributed by atoms with Crippen molar-refractivity contribution in [1.29, 1.82) is 0 Å². The Morgan fingerprint density at radius 2 is 0.718 bits per heavy atom. The summed E-state index contributed by atoms with van der Waals surface area (Å²) < 4.78 is 38.0. The molecule has 0 aliphatic rings. The van der Waals surface area contributed by atoms with Gasteiger partial charge in [-0.25, -0.2) is 0 Å². The molecule has 0 aromatic carbocycles. The second-order valence-electron chi connectivity index (χ2n) is 12.7. The fraction of sp³-hybridized carbons (Fsp3) is 1.00. The Bertz CT molecular complexity index is 547. The van der Waals surface area contributed by atoms with E-state index in [1.807, 2.05) is 0 Å². The van der Waals surface area contributed by atoms with Crippen molar-refractivity contribution in [1.82, 2.24) is 0 Å². The molecule has 0 unspecified atom stereocenters. The number of rotatable bonds is 26. The zero-order valence-electron chi connectivity index (χ0n) is 28.3. The predicted octanol–water partition coefficient (Wildman–Crippen LogP) is 8.99. The molecule has 0 atom stereocenters. The molecule has 11 heteroatoms. The molecule has 0 aromatic rings. The van der Waals surface area contributed by atoms with Gasteiger partial charge in [-0.1, -0.05) is 41.5 Å². The summed E-state index contributed by atoms with van der Waals surface area (Å²) in [4.78, 5) is 0. The van der Waals surface area contributed by atoms with E-state index in [1.165, 1.54) is 36.3 Å². The van der Waals surface area contributed by atoms with Crippen LogP contribution in [0.5, 0.6) is 0 Å². The van der Waals surface area contributed by atoms with Crippen LogP contribution in [0.3, 0.4) is 0 Å². The molecule has 0 bridgehead atoms. The normalized spacial score (nSPS) is 13.8. The van der Waals surface area contributed by atoms with Gasteiger partial charge in [0.25, 0.3) is 0 Å². The lowest BCUT2D eigenvalue weighted by atomic mass is 10.5. The van der Waals surface area contributed by atoms with Gasteiger partial charge in [0.15, 0.2) is 33.3 Å². The average Bonchev–Trinajstić information content (AvgIpc) is 2.87. The minimum absolute atomic E-state index is 0.705. The van der Waals surface area contributed by atoms with Gasteiger partial charge in [-0.2, -0.15) is 0 Å². The van der Waals surface area contributed by atoms with Crippen LogP contribution in [0.4, 0.5) is 0 Å². The Balaban J connectivity index is 4.25. The van der Waals surface area contributed by atoms with Gasteiger partial charge in [0.05, 0.1) is 26.4 Å². The topological polar surface area (TPSA) is 55.4 Å². The lowest BCUT2D eigenvalue weighted by Gasteiger charge is -2.38. The standard InChI is InChI=1S/C28H68O6Si5/c1-13-38(14-2,15-3)31-25-23-29-21-19-27-35(7,8)33-37(11,12)34-36(9,10)28-20-22-30-24-26-32-39(16-4,17-5)18-6/h13-28H2,1-12H3. The summed E-state index contributed by atoms with van der Waals surface area (Å²) in [5.41, 5.74) is 0. The van der Waals surface area contributed by atoms with Gasteiger partial charge in [0.1, 0.15) is 0 Å². The smallest absolute Gasteiger partial charge is 0.311 e. The molecule has 236 valence electrons. The quantitative estimate of drug-likeness (QED) is 0.0695. The highest BCUT2D eigenvalue weighted by atomic mass is 28.5. The van der Waals surface area contributed by atoms with Crippen LogP contribution in [-0.4, -0.2) is 81.5 Å². The molecular formula is C28H68O6Si5. The molecule has 0 radical (unpaired) electrons. The predicted molar refractivity (Wildman–Crippen MR) is 181 cm³/mol. The third kappa shape index (κ3) is 17.5. The Morgan fingerprint density at radius 1 is 0.410 bits per heavy atom. The first-order valence-corrected chi connectivity index (χ1v) is 30.1. The zero-order valence-corrected chi connectivity index (χ0v) is 33.3. The van der Waals surface area contributed by atoms with E-state index < -0.39 is 41.8 Å². The van der Waals surface area contributed by atoms with Crippen molar-refractivity contribution in [3.05, 3.63) is 0 Å². The summed E-state index contributed by atoms with van der Waals surface area (Å²) in [6, 6.07) is 9.37. The molecule has 0 heterocycles. The van der Waals surface area contributed by atoms with E-state index in [2.05, 4.69) is 80.8 Å². The van der Waals surface area contributed by atoms with Crippen molar-refractivity contribution in [2.24, 2.45) is 0 Å². The summed E-state index contributed by atoms with van der Waals surface area (Å²) in [7, 11) is -8.82. The minimum Gasteiger partial charge on any atom is -0.437 e. The largest absolute Gasteiger partial charge is 0.437 e. The summed E-state index contributed by atoms with van der Waals surface area (Å²) >= 11 is 0. The first kappa shape index (κ1) is 39.8. The third-order valence-electron chi connectivity index (χ3n) is 8.32. The maximum Gasteiger partial charge on any atom is 0.311 e. The van der Waals surface area contributed by atoms with Crippen molar-refractivity contribution >= 4 is 41.8 Å². The van der Waals surface area contributed by atoms with Crippen LogP contribution in [0.2, 0.25) is 87.6 Å². The number of hydrogen-bond acceptors (Lipinski definition) is 6. The molecular weight excluding hydrogens is 573 g/mol. The van der Waals surface area contributed by atoms with Crippen molar-refractivity contribution in [3.8, 4) is 0 Å². The monoisotopic (exact) mass is 640 g/mol. The number of ether oxygens (including phenoxy) is 2. The number of hydrogen-bond donors (Lipinski definition) is 0. The Labute approximate surface area is 249 Å². The molecule has 0 aliphatic carbocycles. The van der Waals surface area contributed by atoms with Crippen molar-refractivity contribution in [2.45, 2.75) is 142 Å². The summed E-state index contributed by atoms with van der Waals surface area (Å²) in [5.74, 6) is 0. The highest BCUT2D eigenvalue weighted by molar-refractivity contribution is 6.87. The Morgan fingerprint density at radius 3 is 1.00 bits per heavy atom. The Hall–Kier alpha value is 0.844. The van der Waals surface area contributed by atoms with Crippen LogP contribution >= 0.6 is 0 Å². The van der Waals surface area contributed by atoms with Gasteiger partial charge < -0.3 is 26.6 Å². The van der Waals surface area contributed by atoms with Crippen LogP contribution in [0.15, 0.2) is 0 Å². The van der Waals surface area contributed by atoms with E-state index in [-0.39, 0.29) is 0 Å². The maximum atomic E-state index is 6.77. The van der Waals surface area contributed by atoms with Crippen LogP contribution in [0.1, 0.15) is 54.4 Å². The summed E-state index contributed by atoms with van der Waals surface area (Å²) in [6.07, 6.45) is 2.09. The second-order valence-corrected chi connectivity index (χ2v) is 34.8. The van der Waals surface area contributed by atoms with Crippen LogP contribution in [0.25, 0.3) is 0 Å². The van der Waals surface area contributed by atoms with Gasteiger partial charge in [-0.3, -0.25) is 0 Å². The van der Waals surface area contributed by atoms with Gasteiger partial charge in [-0.05, 0) is 100 Å². The summed E-state index contributed by atoms with van der Waals surface area (Å²) in [5, 5.41) is 0. The van der Waals surface area contributed by atoms with Crippen molar-refractivity contribution < 1.29 is 26.6 Å². The van der Waals surface area contributed by atoms with Crippen LogP contribution in [0, 0.1) is 0 Å². The van der Waals surface area contributed by atoms with Gasteiger partial charge in [0.2, 0.25) is 0 Å². The lowest BCUT2D eigenvalue weighted by Crippen LogP contribution is -2.52. The second kappa shape index (κ2) is 19.9. The van der Waals surface area contributed by atoms with E-state index >= 15 is 0 Å². The van der Waals surface area contributed by atoms with E-state index in [9.17, 15) is 0 Å². The van der Waals surface area contributed by atoms with E-state index in [4.69, 9.17) is 26.6 Å². The van der Waals surface area contributed by atoms with Gasteiger partial charge in [-0.15, -0.1) is 0 Å². The third-order valence-corrected chi connectivity index (χ3v) is 29.2. The molecule has 0 aliphatic heterocycles. The van der Waals surface area contributed by atoms with E-state index in [0.717, 1.165) is 51.4 Å². The molecule has 0 spiro atoms. The molecule has 0 N–H and O–H groups in total. The fourth-order valence-corrected chi connectivity index (χ4v) is 24.9. The van der Waals surface area contributed by atoms with E-state index in [1.54, 1.807) is 0 Å². The highest BCUT2D eigenvalue weighted by Gasteiger charge is 2.39. The molecule has 0 rings (SSSR count). The minimum atomic E-state index is -2.19. The molecule has 0 saturated carbocycles. The molecule has 39 heavy (non-hydrogen) atoms. The fourth-order valence-electron chi connectivity index (χ4n) is 5.60. The first-order chi connectivity index (χ1) is 18.2. The van der Waals surface area contributed by atoms with Gasteiger partial charge >= 0.3 is 8.56 Å². The van der Waals surface area contributed by atoms with Crippen molar-refractivity contribution in [2.75, 3.05) is 39.6 Å². The van der Waals surface area contributed by atoms with Crippen LogP contribution < -0.4 is 0 Å².